The number of hydrogen-bond donors (Lipinski definition) is 2. The number of hydrogen-bond acceptors (Lipinski definition) is 2. The number of nitrogens with one attached hydrogen (secondary N) is 1. The molecule has 4 nitrogen and oxygen atoms in total. The van der Waals surface area contributed by atoms with E-state index in [2.05, 4.69) is 4.98 Å². The number of H-pyrrole nitrogens is 1. The molecule has 0 radical (unpaired) electrons. The molecule has 0 saturated carbocycles. The smallest absolute Gasteiger partial charge is 0.396 e. The van der Waals surface area contributed by atoms with Gasteiger partial charge in [0.25, 0.3) is 0 Å². The number of aromatic nitrogens is 2. The fourth-order valence-corrected chi connectivity index (χ4v) is 2.81. The van der Waals surface area contributed by atoms with Gasteiger partial charge in [0.2, 0.25) is 0 Å². The Hall–Kier alpha value is -2.75. The normalized spacial score (nSPS) is 12.7. The van der Waals surface area contributed by atoms with E-state index >= 15 is 0 Å². The minimum Gasteiger partial charge on any atom is -0.396 e. The molecule has 3 rings (SSSR count). The second-order valence-electron chi connectivity index (χ2n) is 5.81. The van der Waals surface area contributed by atoms with E-state index in [1.165, 1.54) is 0 Å². The van der Waals surface area contributed by atoms with Gasteiger partial charge in [-0.2, -0.15) is 26.3 Å². The van der Waals surface area contributed by atoms with Gasteiger partial charge in [0.05, 0.1) is 27.8 Å². The highest BCUT2D eigenvalue weighted by Gasteiger charge is 2.32. The highest BCUT2D eigenvalue weighted by Crippen LogP contribution is 2.34. The Morgan fingerprint density at radius 1 is 0.926 bits per heavy atom. The Morgan fingerprint density at radius 2 is 1.52 bits per heavy atom. The van der Waals surface area contributed by atoms with E-state index < -0.39 is 29.2 Å². The lowest BCUT2D eigenvalue weighted by Crippen LogP contribution is -2.18. The summed E-state index contributed by atoms with van der Waals surface area (Å²) < 4.78 is 78.6. The first-order valence-corrected chi connectivity index (χ1v) is 7.65. The van der Waals surface area contributed by atoms with Crippen molar-refractivity contribution >= 4 is 11.0 Å². The lowest BCUT2D eigenvalue weighted by atomic mass is 10.1. The number of aromatic amines is 1. The molecule has 0 atom stereocenters. The van der Waals surface area contributed by atoms with E-state index in [1.54, 1.807) is 0 Å². The molecular weight excluding hydrogens is 378 g/mol. The van der Waals surface area contributed by atoms with Crippen molar-refractivity contribution in [1.29, 1.82) is 0 Å². The maximum Gasteiger partial charge on any atom is 0.416 e. The molecule has 0 unspecified atom stereocenters. The summed E-state index contributed by atoms with van der Waals surface area (Å²) >= 11 is 0. The zero-order chi connectivity index (χ0) is 20.0. The highest BCUT2D eigenvalue weighted by atomic mass is 19.4. The summed E-state index contributed by atoms with van der Waals surface area (Å²) in [5.41, 5.74) is -2.99. The van der Waals surface area contributed by atoms with Gasteiger partial charge >= 0.3 is 18.0 Å². The molecule has 0 spiro atoms. The molecule has 10 heteroatoms. The number of benzene rings is 2. The van der Waals surface area contributed by atoms with Crippen molar-refractivity contribution in [2.24, 2.45) is 0 Å². The van der Waals surface area contributed by atoms with E-state index in [0.29, 0.717) is 6.07 Å². The van der Waals surface area contributed by atoms with E-state index in [4.69, 9.17) is 5.11 Å². The van der Waals surface area contributed by atoms with Gasteiger partial charge in [-0.3, -0.25) is 4.57 Å². The standard InChI is InChI=1S/C17H12F6N2O2/c18-16(19,20)10-3-4-13-12(7-10)24-15(27)25(13)14-8-11(17(21,22)23)2-1-9(14)5-6-26/h1-4,7-8,26H,5-6H2,(H,24,27). The van der Waals surface area contributed by atoms with Crippen molar-refractivity contribution < 1.29 is 31.4 Å². The van der Waals surface area contributed by atoms with Crippen molar-refractivity contribution in [3.63, 3.8) is 0 Å². The van der Waals surface area contributed by atoms with Crippen LogP contribution in [0.5, 0.6) is 0 Å². The average molecular weight is 390 g/mol. The van der Waals surface area contributed by atoms with Crippen molar-refractivity contribution in [2.75, 3.05) is 6.61 Å². The number of fused-ring (bicyclic) bond motifs is 1. The molecule has 0 aliphatic rings. The Balaban J connectivity index is 2.28. The van der Waals surface area contributed by atoms with E-state index in [1.807, 2.05) is 0 Å². The third kappa shape index (κ3) is 3.57. The molecule has 2 N–H and O–H groups in total. The molecule has 1 aromatic heterocycles. The van der Waals surface area contributed by atoms with E-state index in [9.17, 15) is 31.1 Å². The molecule has 3 aromatic rings. The second-order valence-corrected chi connectivity index (χ2v) is 5.81. The second kappa shape index (κ2) is 6.45. The number of imidazole rings is 1. The molecule has 27 heavy (non-hydrogen) atoms. The summed E-state index contributed by atoms with van der Waals surface area (Å²) in [7, 11) is 0. The minimum atomic E-state index is -4.67. The predicted molar refractivity (Wildman–Crippen MR) is 84.7 cm³/mol. The summed E-state index contributed by atoms with van der Waals surface area (Å²) in [6, 6.07) is 5.15. The first-order chi connectivity index (χ1) is 12.5. The van der Waals surface area contributed by atoms with Gasteiger partial charge in [0.15, 0.2) is 0 Å². The number of rotatable bonds is 3. The van der Waals surface area contributed by atoms with Gasteiger partial charge in [0, 0.05) is 6.61 Å². The van der Waals surface area contributed by atoms with Gasteiger partial charge in [-0.05, 0) is 42.3 Å². The average Bonchev–Trinajstić information content (AvgIpc) is 2.88. The van der Waals surface area contributed by atoms with Crippen LogP contribution in [0.25, 0.3) is 16.7 Å². The van der Waals surface area contributed by atoms with Crippen LogP contribution < -0.4 is 5.69 Å². The predicted octanol–water partition coefficient (Wildman–Crippen LogP) is 3.89. The molecule has 0 amide bonds. The topological polar surface area (TPSA) is 58.0 Å². The molecule has 1 heterocycles. The van der Waals surface area contributed by atoms with E-state index in [-0.39, 0.29) is 35.3 Å². The highest BCUT2D eigenvalue weighted by molar-refractivity contribution is 5.78. The third-order valence-electron chi connectivity index (χ3n) is 4.04. The maximum atomic E-state index is 13.1. The SMILES string of the molecule is O=c1[nH]c2cc(C(F)(F)F)ccc2n1-c1cc(C(F)(F)F)ccc1CCO. The van der Waals surface area contributed by atoms with Gasteiger partial charge in [-0.1, -0.05) is 6.07 Å². The fraction of sp³-hybridized carbons (Fsp3) is 0.235. The number of nitrogens with zero attached hydrogens (tertiary/aromatic N) is 1. The Labute approximate surface area is 147 Å². The van der Waals surface area contributed by atoms with Crippen LogP contribution >= 0.6 is 0 Å². The number of aliphatic hydroxyl groups is 1. The fourth-order valence-electron chi connectivity index (χ4n) is 2.81. The first kappa shape index (κ1) is 19.0. The summed E-state index contributed by atoms with van der Waals surface area (Å²) in [4.78, 5) is 14.5. The zero-order valence-corrected chi connectivity index (χ0v) is 13.4. The van der Waals surface area contributed by atoms with Crippen LogP contribution in [0.15, 0.2) is 41.2 Å². The van der Waals surface area contributed by atoms with E-state index in [0.717, 1.165) is 34.9 Å². The van der Waals surface area contributed by atoms with Crippen LogP contribution in [0.1, 0.15) is 16.7 Å². The maximum absolute atomic E-state index is 13.1. The number of halogens is 6. The van der Waals surface area contributed by atoms with Crippen LogP contribution in [0.2, 0.25) is 0 Å². The van der Waals surface area contributed by atoms with Gasteiger partial charge < -0.3 is 10.1 Å². The van der Waals surface area contributed by atoms with Gasteiger partial charge in [-0.25, -0.2) is 4.79 Å². The Morgan fingerprint density at radius 3 is 2.11 bits per heavy atom. The zero-order valence-electron chi connectivity index (χ0n) is 13.4. The number of aliphatic hydroxyl groups excluding tert-OH is 1. The third-order valence-corrected chi connectivity index (χ3v) is 4.04. The molecule has 0 bridgehead atoms. The molecule has 144 valence electrons. The van der Waals surface area contributed by atoms with Crippen LogP contribution in [-0.2, 0) is 18.8 Å². The molecule has 2 aromatic carbocycles. The summed E-state index contributed by atoms with van der Waals surface area (Å²) in [5, 5.41) is 9.14. The first-order valence-electron chi connectivity index (χ1n) is 7.65. The molecule has 0 aliphatic carbocycles. The summed E-state index contributed by atoms with van der Waals surface area (Å²) in [5.74, 6) is 0. The summed E-state index contributed by atoms with van der Waals surface area (Å²) in [6.45, 7) is -0.381. The Bertz CT molecular complexity index is 1050. The number of alkyl halides is 6. The largest absolute Gasteiger partial charge is 0.416 e. The van der Waals surface area contributed by atoms with Crippen LogP contribution in [-0.4, -0.2) is 21.3 Å². The monoisotopic (exact) mass is 390 g/mol. The van der Waals surface area contributed by atoms with Crippen LogP contribution in [0.3, 0.4) is 0 Å². The molecular formula is C17H12F6N2O2. The van der Waals surface area contributed by atoms with Crippen molar-refractivity contribution in [3.8, 4) is 5.69 Å². The van der Waals surface area contributed by atoms with Crippen molar-refractivity contribution in [2.45, 2.75) is 18.8 Å². The van der Waals surface area contributed by atoms with Gasteiger partial charge in [0.1, 0.15) is 0 Å². The van der Waals surface area contributed by atoms with Crippen LogP contribution in [0, 0.1) is 0 Å². The Kier molecular flexibility index (Phi) is 4.54. The van der Waals surface area contributed by atoms with Gasteiger partial charge in [-0.15, -0.1) is 0 Å². The lowest BCUT2D eigenvalue weighted by Gasteiger charge is -2.14. The minimum absolute atomic E-state index is 0.00786. The molecule has 0 fully saturated rings. The molecule has 0 saturated heterocycles. The van der Waals surface area contributed by atoms with Crippen molar-refractivity contribution in [3.05, 3.63) is 63.6 Å². The van der Waals surface area contributed by atoms with Crippen LogP contribution in [0.4, 0.5) is 26.3 Å². The van der Waals surface area contributed by atoms with Crippen molar-refractivity contribution in [1.82, 2.24) is 9.55 Å². The lowest BCUT2D eigenvalue weighted by molar-refractivity contribution is -0.138. The molecule has 0 aliphatic heterocycles. The summed E-state index contributed by atoms with van der Waals surface area (Å²) in [6.07, 6.45) is -9.34. The quantitative estimate of drug-likeness (QED) is 0.667.